The van der Waals surface area contributed by atoms with Crippen molar-refractivity contribution in [3.8, 4) is 11.5 Å². The fourth-order valence-corrected chi connectivity index (χ4v) is 4.27. The number of carbonyl (C=O) groups is 1. The maximum absolute atomic E-state index is 13.1. The molecule has 1 aromatic carbocycles. The van der Waals surface area contributed by atoms with Crippen molar-refractivity contribution in [2.75, 3.05) is 33.3 Å². The lowest BCUT2D eigenvalue weighted by atomic mass is 10.3. The molecule has 148 valence electrons. The number of hydrogen-bond acceptors (Lipinski definition) is 9. The molecule has 0 spiro atoms. The first-order valence-corrected chi connectivity index (χ1v) is 9.79. The number of ether oxygens (including phenoxy) is 2. The zero-order valence-corrected chi connectivity index (χ0v) is 15.8. The van der Waals surface area contributed by atoms with Gasteiger partial charge in [0, 0.05) is 32.4 Å². The molecule has 2 aromatic rings. The highest BCUT2D eigenvalue weighted by Gasteiger charge is 2.29. The molecule has 2 heterocycles. The second-order valence-corrected chi connectivity index (χ2v) is 7.79. The Morgan fingerprint density at radius 3 is 2.64 bits per heavy atom. The average Bonchev–Trinajstić information content (AvgIpc) is 2.74. The first-order valence-electron chi connectivity index (χ1n) is 8.35. The fraction of sp³-hybridized carbons (Fsp3) is 0.294. The van der Waals surface area contributed by atoms with Crippen molar-refractivity contribution in [3.63, 3.8) is 0 Å². The van der Waals surface area contributed by atoms with E-state index in [1.165, 1.54) is 42.0 Å². The normalized spacial score (nSPS) is 15.0. The average molecular weight is 406 g/mol. The molecule has 11 heteroatoms. The molecule has 0 amide bonds. The van der Waals surface area contributed by atoms with Crippen molar-refractivity contribution in [3.05, 3.63) is 47.1 Å². The van der Waals surface area contributed by atoms with Gasteiger partial charge in [0.15, 0.2) is 0 Å². The Kier molecular flexibility index (Phi) is 5.97. The van der Waals surface area contributed by atoms with E-state index in [0.29, 0.717) is 26.2 Å². The van der Waals surface area contributed by atoms with E-state index in [0.717, 1.165) is 6.07 Å². The van der Waals surface area contributed by atoms with Crippen LogP contribution >= 0.6 is 0 Å². The van der Waals surface area contributed by atoms with Gasteiger partial charge in [0.2, 0.25) is 10.0 Å². The van der Waals surface area contributed by atoms with Crippen LogP contribution in [0.15, 0.2) is 46.7 Å². The van der Waals surface area contributed by atoms with Crippen molar-refractivity contribution in [2.24, 2.45) is 5.18 Å². The van der Waals surface area contributed by atoms with Crippen LogP contribution in [0.3, 0.4) is 0 Å². The number of hydrogen-bond donors (Lipinski definition) is 1. The predicted molar refractivity (Wildman–Crippen MR) is 99.2 cm³/mol. The number of carbonyl (C=O) groups excluding carboxylic acids is 1. The number of nitrogens with zero attached hydrogens (tertiary/aromatic N) is 3. The van der Waals surface area contributed by atoms with Crippen LogP contribution in [0.25, 0.3) is 0 Å². The van der Waals surface area contributed by atoms with Crippen molar-refractivity contribution in [1.29, 1.82) is 0 Å². The molecule has 1 aliphatic heterocycles. The number of rotatable bonds is 6. The molecule has 1 saturated heterocycles. The molecule has 1 aromatic heterocycles. The van der Waals surface area contributed by atoms with Gasteiger partial charge in [-0.15, -0.1) is 4.91 Å². The summed E-state index contributed by atoms with van der Waals surface area (Å²) in [6.07, 6.45) is 2.63. The third-order valence-electron chi connectivity index (χ3n) is 4.09. The lowest BCUT2D eigenvalue weighted by Gasteiger charge is -2.27. The number of methoxy groups -OCH3 is 1. The highest BCUT2D eigenvalue weighted by Crippen LogP contribution is 2.34. The van der Waals surface area contributed by atoms with Crippen molar-refractivity contribution < 1.29 is 22.7 Å². The summed E-state index contributed by atoms with van der Waals surface area (Å²) in [5.74, 6) is -0.465. The monoisotopic (exact) mass is 406 g/mol. The summed E-state index contributed by atoms with van der Waals surface area (Å²) in [5.41, 5.74) is 0.111. The summed E-state index contributed by atoms with van der Waals surface area (Å²) in [5, 5.41) is 5.89. The summed E-state index contributed by atoms with van der Waals surface area (Å²) in [4.78, 5) is 26.3. The molecule has 28 heavy (non-hydrogen) atoms. The number of nitrogens with one attached hydrogen (secondary N) is 1. The Balaban J connectivity index is 2.00. The van der Waals surface area contributed by atoms with E-state index in [1.54, 1.807) is 0 Å². The Bertz CT molecular complexity index is 989. The SMILES string of the molecule is COC(=O)c1cncc(Oc2ccc(N=O)cc2S(=O)(=O)N2CCNCC2)c1. The van der Waals surface area contributed by atoms with Crippen LogP contribution in [0, 0.1) is 4.91 Å². The summed E-state index contributed by atoms with van der Waals surface area (Å²) in [6, 6.07) is 5.23. The van der Waals surface area contributed by atoms with Gasteiger partial charge < -0.3 is 14.8 Å². The van der Waals surface area contributed by atoms with E-state index in [-0.39, 0.29) is 27.6 Å². The second kappa shape index (κ2) is 8.42. The van der Waals surface area contributed by atoms with Gasteiger partial charge in [-0.1, -0.05) is 0 Å². The van der Waals surface area contributed by atoms with Gasteiger partial charge in [-0.05, 0) is 29.4 Å². The minimum Gasteiger partial charge on any atom is -0.465 e. The lowest BCUT2D eigenvalue weighted by molar-refractivity contribution is 0.0600. The van der Waals surface area contributed by atoms with E-state index in [9.17, 15) is 18.1 Å². The second-order valence-electron chi connectivity index (χ2n) is 5.88. The van der Waals surface area contributed by atoms with Crippen molar-refractivity contribution in [2.45, 2.75) is 4.90 Å². The summed E-state index contributed by atoms with van der Waals surface area (Å²) in [7, 11) is -2.68. The number of pyridine rings is 1. The third kappa shape index (κ3) is 4.16. The van der Waals surface area contributed by atoms with Gasteiger partial charge in [0.1, 0.15) is 22.1 Å². The zero-order valence-electron chi connectivity index (χ0n) is 15.0. The molecule has 1 N–H and O–H groups in total. The van der Waals surface area contributed by atoms with Crippen LogP contribution < -0.4 is 10.1 Å². The molecule has 3 rings (SSSR count). The summed E-state index contributed by atoms with van der Waals surface area (Å²) >= 11 is 0. The number of nitroso groups, excluding NO2 is 1. The molecular weight excluding hydrogens is 388 g/mol. The van der Waals surface area contributed by atoms with Crippen LogP contribution in [-0.2, 0) is 14.8 Å². The topological polar surface area (TPSA) is 127 Å². The highest BCUT2D eigenvalue weighted by atomic mass is 32.2. The number of aromatic nitrogens is 1. The minimum atomic E-state index is -3.92. The summed E-state index contributed by atoms with van der Waals surface area (Å²) < 4.78 is 37.8. The Labute approximate surface area is 161 Å². The quantitative estimate of drug-likeness (QED) is 0.567. The van der Waals surface area contributed by atoms with Crippen molar-refractivity contribution in [1.82, 2.24) is 14.6 Å². The smallest absolute Gasteiger partial charge is 0.339 e. The molecule has 10 nitrogen and oxygen atoms in total. The van der Waals surface area contributed by atoms with E-state index >= 15 is 0 Å². The van der Waals surface area contributed by atoms with Crippen LogP contribution in [0.1, 0.15) is 10.4 Å². The molecule has 0 bridgehead atoms. The van der Waals surface area contributed by atoms with Gasteiger partial charge in [0.25, 0.3) is 0 Å². The molecule has 1 aliphatic rings. The Morgan fingerprint density at radius 2 is 1.96 bits per heavy atom. The largest absolute Gasteiger partial charge is 0.465 e. The summed E-state index contributed by atoms with van der Waals surface area (Å²) in [6.45, 7) is 1.62. The van der Waals surface area contributed by atoms with Crippen LogP contribution in [0.4, 0.5) is 5.69 Å². The van der Waals surface area contributed by atoms with E-state index in [2.05, 4.69) is 20.2 Å². The number of sulfonamides is 1. The van der Waals surface area contributed by atoms with Gasteiger partial charge in [-0.3, -0.25) is 4.98 Å². The van der Waals surface area contributed by atoms with Crippen molar-refractivity contribution >= 4 is 21.7 Å². The molecule has 0 radical (unpaired) electrons. The van der Waals surface area contributed by atoms with Crippen LogP contribution in [0.2, 0.25) is 0 Å². The predicted octanol–water partition coefficient (Wildman–Crippen LogP) is 1.65. The van der Waals surface area contributed by atoms with Gasteiger partial charge in [-0.2, -0.15) is 4.31 Å². The van der Waals surface area contributed by atoms with E-state index in [1.807, 2.05) is 0 Å². The molecule has 0 atom stereocenters. The Hall–Kier alpha value is -2.89. The molecular formula is C17H18N4O6S. The Morgan fingerprint density at radius 1 is 1.21 bits per heavy atom. The number of benzene rings is 1. The lowest BCUT2D eigenvalue weighted by Crippen LogP contribution is -2.46. The zero-order chi connectivity index (χ0) is 20.1. The van der Waals surface area contributed by atoms with Gasteiger partial charge in [-0.25, -0.2) is 13.2 Å². The first-order chi connectivity index (χ1) is 13.5. The highest BCUT2D eigenvalue weighted by molar-refractivity contribution is 7.89. The number of esters is 1. The molecule has 0 unspecified atom stereocenters. The van der Waals surface area contributed by atoms with Gasteiger partial charge in [0.05, 0.1) is 18.9 Å². The first kappa shape index (κ1) is 19.9. The van der Waals surface area contributed by atoms with Crippen LogP contribution in [0.5, 0.6) is 11.5 Å². The molecule has 1 fully saturated rings. The van der Waals surface area contributed by atoms with Crippen LogP contribution in [-0.4, -0.2) is 57.0 Å². The maximum Gasteiger partial charge on any atom is 0.339 e. The molecule has 0 saturated carbocycles. The number of piperazine rings is 1. The standard InChI is InChI=1S/C17H18N4O6S/c1-26-17(22)12-8-14(11-19-10-12)27-15-3-2-13(20-23)9-16(15)28(24,25)21-6-4-18-5-7-21/h2-3,8-11,18H,4-7H2,1H3. The minimum absolute atomic E-state index is 0.00486. The third-order valence-corrected chi connectivity index (χ3v) is 6.01. The maximum atomic E-state index is 13.1. The van der Waals surface area contributed by atoms with Gasteiger partial charge >= 0.3 is 5.97 Å². The van der Waals surface area contributed by atoms with E-state index < -0.39 is 16.0 Å². The van der Waals surface area contributed by atoms with E-state index in [4.69, 9.17) is 4.74 Å². The molecule has 0 aliphatic carbocycles. The fourth-order valence-electron chi connectivity index (χ4n) is 2.69.